The number of aryl methyl sites for hydroxylation is 2. The second kappa shape index (κ2) is 5.24. The standard InChI is InChI=1S/C20H26BNO2S/c1-19(2)20(3,4)24-21(23-19)16-12-14-11-13-7-5-9-22-10-6-8-15(17(13)22)18(14)25-16/h11-12H,5-10H2,1-4H3. The highest BCUT2D eigenvalue weighted by molar-refractivity contribution is 7.28. The molecule has 4 heterocycles. The fourth-order valence-electron chi connectivity index (χ4n) is 4.46. The van der Waals surface area contributed by atoms with Crippen molar-refractivity contribution in [2.45, 2.75) is 64.6 Å². The Balaban J connectivity index is 1.62. The van der Waals surface area contributed by atoms with Crippen LogP contribution in [0.15, 0.2) is 12.1 Å². The third kappa shape index (κ3) is 2.32. The zero-order chi connectivity index (χ0) is 17.4. The van der Waals surface area contributed by atoms with Gasteiger partial charge in [0.25, 0.3) is 0 Å². The predicted octanol–water partition coefficient (Wildman–Crippen LogP) is 3.90. The summed E-state index contributed by atoms with van der Waals surface area (Å²) in [5.74, 6) is 0. The van der Waals surface area contributed by atoms with Gasteiger partial charge in [-0.15, -0.1) is 11.3 Å². The topological polar surface area (TPSA) is 21.7 Å². The molecule has 0 atom stereocenters. The monoisotopic (exact) mass is 355 g/mol. The molecule has 0 radical (unpaired) electrons. The van der Waals surface area contributed by atoms with Crippen LogP contribution in [0.4, 0.5) is 5.69 Å². The summed E-state index contributed by atoms with van der Waals surface area (Å²) in [4.78, 5) is 2.62. The molecule has 5 rings (SSSR count). The Hall–Kier alpha value is -1.04. The molecule has 3 aliphatic heterocycles. The molecule has 0 unspecified atom stereocenters. The fraction of sp³-hybridized carbons (Fsp3) is 0.600. The van der Waals surface area contributed by atoms with E-state index in [1.165, 1.54) is 53.6 Å². The highest BCUT2D eigenvalue weighted by Crippen LogP contribution is 2.42. The summed E-state index contributed by atoms with van der Waals surface area (Å²) in [6, 6.07) is 4.74. The van der Waals surface area contributed by atoms with Gasteiger partial charge in [-0.3, -0.25) is 0 Å². The van der Waals surface area contributed by atoms with Crippen LogP contribution >= 0.6 is 11.3 Å². The van der Waals surface area contributed by atoms with Crippen LogP contribution in [0.5, 0.6) is 0 Å². The molecule has 132 valence electrons. The molecular formula is C20H26BNO2S. The van der Waals surface area contributed by atoms with E-state index >= 15 is 0 Å². The van der Waals surface area contributed by atoms with E-state index in [-0.39, 0.29) is 18.3 Å². The predicted molar refractivity (Wildman–Crippen MR) is 106 cm³/mol. The van der Waals surface area contributed by atoms with Crippen molar-refractivity contribution in [3.63, 3.8) is 0 Å². The van der Waals surface area contributed by atoms with Gasteiger partial charge in [0.05, 0.1) is 11.2 Å². The van der Waals surface area contributed by atoms with Gasteiger partial charge in [0.1, 0.15) is 0 Å². The van der Waals surface area contributed by atoms with Gasteiger partial charge in [-0.1, -0.05) is 0 Å². The third-order valence-electron chi connectivity index (χ3n) is 6.50. The van der Waals surface area contributed by atoms with Gasteiger partial charge in [-0.25, -0.2) is 0 Å². The molecule has 3 nitrogen and oxygen atoms in total. The maximum Gasteiger partial charge on any atom is 0.505 e. The molecule has 0 aliphatic carbocycles. The van der Waals surface area contributed by atoms with E-state index in [0.717, 1.165) is 0 Å². The zero-order valence-electron chi connectivity index (χ0n) is 15.6. The van der Waals surface area contributed by atoms with Crippen LogP contribution in [-0.4, -0.2) is 31.4 Å². The number of hydrogen-bond donors (Lipinski definition) is 0. The van der Waals surface area contributed by atoms with Gasteiger partial charge in [0.2, 0.25) is 0 Å². The van der Waals surface area contributed by atoms with Crippen molar-refractivity contribution in [2.24, 2.45) is 0 Å². The normalized spacial score (nSPS) is 24.0. The lowest BCUT2D eigenvalue weighted by Gasteiger charge is -2.37. The van der Waals surface area contributed by atoms with Crippen molar-refractivity contribution in [1.29, 1.82) is 0 Å². The highest BCUT2D eigenvalue weighted by Gasteiger charge is 2.52. The minimum atomic E-state index is -0.280. The van der Waals surface area contributed by atoms with Gasteiger partial charge in [-0.2, -0.15) is 0 Å². The van der Waals surface area contributed by atoms with E-state index in [2.05, 4.69) is 44.7 Å². The SMILES string of the molecule is CC1(C)OB(c2cc3cc4c5c(c3s2)CCCN5CCC4)OC1(C)C. The van der Waals surface area contributed by atoms with Crippen molar-refractivity contribution in [1.82, 2.24) is 0 Å². The van der Waals surface area contributed by atoms with Gasteiger partial charge < -0.3 is 14.2 Å². The number of rotatable bonds is 1. The van der Waals surface area contributed by atoms with Crippen LogP contribution in [0.25, 0.3) is 10.1 Å². The van der Waals surface area contributed by atoms with E-state index in [9.17, 15) is 0 Å². The number of fused-ring (bicyclic) bond motifs is 2. The summed E-state index contributed by atoms with van der Waals surface area (Å²) in [5.41, 5.74) is 4.11. The number of hydrogen-bond acceptors (Lipinski definition) is 4. The van der Waals surface area contributed by atoms with E-state index < -0.39 is 0 Å². The molecular weight excluding hydrogens is 329 g/mol. The average Bonchev–Trinajstić information content (AvgIpc) is 3.07. The molecule has 0 bridgehead atoms. The largest absolute Gasteiger partial charge is 0.505 e. The summed E-state index contributed by atoms with van der Waals surface area (Å²) in [6.45, 7) is 10.9. The van der Waals surface area contributed by atoms with Gasteiger partial charge >= 0.3 is 7.12 Å². The van der Waals surface area contributed by atoms with Crippen molar-refractivity contribution < 1.29 is 9.31 Å². The van der Waals surface area contributed by atoms with Crippen LogP contribution in [0.1, 0.15) is 51.7 Å². The van der Waals surface area contributed by atoms with Gasteiger partial charge in [0, 0.05) is 28.3 Å². The molecule has 25 heavy (non-hydrogen) atoms. The summed E-state index contributed by atoms with van der Waals surface area (Å²) in [7, 11) is -0.244. The summed E-state index contributed by atoms with van der Waals surface area (Å²) < 4.78 is 15.2. The number of thiophene rings is 1. The lowest BCUT2D eigenvalue weighted by atomic mass is 9.86. The molecule has 3 aliphatic rings. The molecule has 2 aromatic rings. The summed E-state index contributed by atoms with van der Waals surface area (Å²) in [5, 5.41) is 1.38. The van der Waals surface area contributed by atoms with Gasteiger partial charge in [0.15, 0.2) is 0 Å². The van der Waals surface area contributed by atoms with Crippen LogP contribution in [0.3, 0.4) is 0 Å². The Kier molecular flexibility index (Phi) is 3.39. The molecule has 1 fully saturated rings. The van der Waals surface area contributed by atoms with Crippen LogP contribution < -0.4 is 9.68 Å². The molecule has 1 aromatic carbocycles. The first-order valence-electron chi connectivity index (χ1n) is 9.54. The van der Waals surface area contributed by atoms with Gasteiger partial charge in [-0.05, 0) is 82.0 Å². The first-order valence-corrected chi connectivity index (χ1v) is 10.4. The van der Waals surface area contributed by atoms with E-state index in [0.29, 0.717) is 0 Å². The minimum Gasteiger partial charge on any atom is -0.399 e. The first kappa shape index (κ1) is 16.2. The maximum atomic E-state index is 6.29. The van der Waals surface area contributed by atoms with E-state index in [1.807, 2.05) is 11.3 Å². The van der Waals surface area contributed by atoms with E-state index in [4.69, 9.17) is 9.31 Å². The van der Waals surface area contributed by atoms with E-state index in [1.54, 1.807) is 16.8 Å². The van der Waals surface area contributed by atoms with Crippen LogP contribution in [-0.2, 0) is 22.2 Å². The van der Waals surface area contributed by atoms with Crippen LogP contribution in [0.2, 0.25) is 0 Å². The van der Waals surface area contributed by atoms with Crippen molar-refractivity contribution in [3.05, 3.63) is 23.3 Å². The van der Waals surface area contributed by atoms with Crippen molar-refractivity contribution in [2.75, 3.05) is 18.0 Å². The third-order valence-corrected chi connectivity index (χ3v) is 7.74. The Labute approximate surface area is 154 Å². The maximum absolute atomic E-state index is 6.29. The summed E-state index contributed by atoms with van der Waals surface area (Å²) >= 11 is 1.88. The Morgan fingerprint density at radius 1 is 1.00 bits per heavy atom. The lowest BCUT2D eigenvalue weighted by molar-refractivity contribution is 0.00578. The zero-order valence-corrected chi connectivity index (χ0v) is 16.5. The molecule has 0 N–H and O–H groups in total. The average molecular weight is 355 g/mol. The lowest BCUT2D eigenvalue weighted by Crippen LogP contribution is -2.41. The Morgan fingerprint density at radius 3 is 2.40 bits per heavy atom. The second-order valence-corrected chi connectivity index (χ2v) is 9.80. The van der Waals surface area contributed by atoms with Crippen LogP contribution in [0, 0.1) is 0 Å². The Morgan fingerprint density at radius 2 is 1.68 bits per heavy atom. The number of nitrogens with zero attached hydrogens (tertiary/aromatic N) is 1. The smallest absolute Gasteiger partial charge is 0.399 e. The quantitative estimate of drug-likeness (QED) is 0.725. The molecule has 1 aromatic heterocycles. The summed E-state index contributed by atoms with van der Waals surface area (Å²) in [6.07, 6.45) is 4.98. The number of benzene rings is 1. The minimum absolute atomic E-state index is 0.244. The molecule has 0 amide bonds. The highest BCUT2D eigenvalue weighted by atomic mass is 32.1. The Bertz CT molecular complexity index is 839. The first-order chi connectivity index (χ1) is 11.9. The molecule has 1 saturated heterocycles. The second-order valence-electron chi connectivity index (χ2n) is 8.71. The fourth-order valence-corrected chi connectivity index (χ4v) is 5.63. The van der Waals surface area contributed by atoms with Crippen molar-refractivity contribution in [3.8, 4) is 0 Å². The molecule has 0 spiro atoms. The molecule has 0 saturated carbocycles. The van der Waals surface area contributed by atoms with Crippen molar-refractivity contribution >= 4 is 39.0 Å². The number of anilines is 1. The molecule has 5 heteroatoms.